The maximum atomic E-state index is 9.94. The Balaban J connectivity index is 0.000000525. The van der Waals surface area contributed by atoms with Gasteiger partial charge in [0.15, 0.2) is 0 Å². The lowest BCUT2D eigenvalue weighted by molar-refractivity contribution is -0.104. The summed E-state index contributed by atoms with van der Waals surface area (Å²) in [6.45, 7) is 48.2. The summed E-state index contributed by atoms with van der Waals surface area (Å²) in [5.41, 5.74) is 4.81. The number of carbonyl (C=O) groups is 1. The molecule has 0 saturated carbocycles. The first-order valence-corrected chi connectivity index (χ1v) is 31.1. The van der Waals surface area contributed by atoms with E-state index in [0.29, 0.717) is 5.57 Å². The van der Waals surface area contributed by atoms with Crippen LogP contribution >= 0.6 is 0 Å². The van der Waals surface area contributed by atoms with Crippen LogP contribution in [-0.2, 0) is 18.4 Å². The van der Waals surface area contributed by atoms with E-state index in [0.717, 1.165) is 68.6 Å². The molecular formula is C68H101NO6Si2. The Bertz CT molecular complexity index is 2230. The van der Waals surface area contributed by atoms with Crippen molar-refractivity contribution in [2.75, 3.05) is 26.3 Å². The Labute approximate surface area is 471 Å². The van der Waals surface area contributed by atoms with Crippen molar-refractivity contribution in [3.8, 4) is 0 Å². The van der Waals surface area contributed by atoms with Crippen LogP contribution in [0.15, 0.2) is 200 Å². The van der Waals surface area contributed by atoms with Crippen LogP contribution in [0.5, 0.6) is 0 Å². The number of benzene rings is 5. The fourth-order valence-electron chi connectivity index (χ4n) is 9.52. The van der Waals surface area contributed by atoms with Crippen LogP contribution in [0.2, 0.25) is 10.1 Å². The summed E-state index contributed by atoms with van der Waals surface area (Å²) in [6, 6.07) is 53.4. The van der Waals surface area contributed by atoms with Gasteiger partial charge >= 0.3 is 0 Å². The van der Waals surface area contributed by atoms with Gasteiger partial charge in [-0.1, -0.05) is 264 Å². The van der Waals surface area contributed by atoms with Crippen molar-refractivity contribution in [2.45, 2.75) is 164 Å². The van der Waals surface area contributed by atoms with E-state index in [9.17, 15) is 9.90 Å². The van der Waals surface area contributed by atoms with Crippen LogP contribution in [0.4, 0.5) is 0 Å². The summed E-state index contributed by atoms with van der Waals surface area (Å²) >= 11 is 0. The van der Waals surface area contributed by atoms with E-state index in [-0.39, 0.29) is 48.0 Å². The molecule has 0 aromatic heterocycles. The van der Waals surface area contributed by atoms with Gasteiger partial charge in [0, 0.05) is 13.1 Å². The molecule has 5 atom stereocenters. The van der Waals surface area contributed by atoms with Gasteiger partial charge in [0.1, 0.15) is 6.29 Å². The Morgan fingerprint density at radius 1 is 0.558 bits per heavy atom. The second-order valence-electron chi connectivity index (χ2n) is 22.0. The minimum atomic E-state index is -2.46. The molecule has 1 heterocycles. The van der Waals surface area contributed by atoms with Crippen molar-refractivity contribution in [3.05, 3.63) is 206 Å². The second-order valence-corrected chi connectivity index (χ2v) is 30.5. The van der Waals surface area contributed by atoms with Gasteiger partial charge in [-0.25, -0.2) is 0 Å². The van der Waals surface area contributed by atoms with Crippen molar-refractivity contribution in [1.29, 1.82) is 0 Å². The van der Waals surface area contributed by atoms with Crippen LogP contribution in [-0.4, -0.2) is 88.8 Å². The summed E-state index contributed by atoms with van der Waals surface area (Å²) in [6.07, 6.45) is 2.89. The van der Waals surface area contributed by atoms with Crippen LogP contribution < -0.4 is 20.7 Å². The molecule has 7 nitrogen and oxygen atoms in total. The highest BCUT2D eigenvalue weighted by Gasteiger charge is 2.52. The summed E-state index contributed by atoms with van der Waals surface area (Å²) in [7, 11) is -4.91. The Kier molecular flexibility index (Phi) is 31.5. The number of hydrogen-bond acceptors (Lipinski definition) is 7. The lowest BCUT2D eigenvalue weighted by Crippen LogP contribution is -2.67. The van der Waals surface area contributed by atoms with E-state index in [1.165, 1.54) is 26.3 Å². The van der Waals surface area contributed by atoms with Gasteiger partial charge < -0.3 is 23.8 Å². The Morgan fingerprint density at radius 2 is 0.844 bits per heavy atom. The lowest BCUT2D eigenvalue weighted by Gasteiger charge is -2.45. The maximum absolute atomic E-state index is 9.94. The molecule has 5 aromatic rings. The molecule has 0 radical (unpaired) electrons. The van der Waals surface area contributed by atoms with Gasteiger partial charge in [-0.2, -0.15) is 0 Å². The number of allylic oxidation sites excluding steroid dienone is 1. The molecule has 1 fully saturated rings. The van der Waals surface area contributed by atoms with E-state index in [1.807, 2.05) is 39.0 Å². The van der Waals surface area contributed by atoms with Gasteiger partial charge in [0.05, 0.1) is 43.7 Å². The van der Waals surface area contributed by atoms with Gasteiger partial charge in [-0.05, 0) is 95.8 Å². The SMILES string of the molecule is C.C=C(C)C=O.C=C(C)[C@@H](CC)O[Si](c1ccccc1)(c1ccccc1)C(C)(C)C.C=C(C)[C@@H](CC)O[Si](c1ccccc1)(c1ccccc1)C(C)(C)C.C=C(C)[C@H](O)CC.C[C@@H](O)[C@H](c1ccccc1)N1CCOCC1. The summed E-state index contributed by atoms with van der Waals surface area (Å²) in [5, 5.41) is 24.1. The highest BCUT2D eigenvalue weighted by molar-refractivity contribution is 7.00. The molecule has 0 spiro atoms. The molecule has 2 N–H and O–H groups in total. The smallest absolute Gasteiger partial charge is 0.261 e. The van der Waals surface area contributed by atoms with Gasteiger partial charge in [0.2, 0.25) is 0 Å². The van der Waals surface area contributed by atoms with E-state index in [4.69, 9.17) is 18.7 Å². The monoisotopic (exact) mass is 1080 g/mol. The predicted octanol–water partition coefficient (Wildman–Crippen LogP) is 14.0. The molecule has 6 rings (SSSR count). The zero-order valence-corrected chi connectivity index (χ0v) is 51.2. The average molecular weight is 1080 g/mol. The molecule has 0 unspecified atom stereocenters. The number of carbonyl (C=O) groups excluding carboxylic acids is 1. The Morgan fingerprint density at radius 3 is 1.04 bits per heavy atom. The van der Waals surface area contributed by atoms with Crippen LogP contribution in [0, 0.1) is 0 Å². The molecule has 5 aromatic carbocycles. The first-order valence-electron chi connectivity index (χ1n) is 27.3. The van der Waals surface area contributed by atoms with Crippen LogP contribution in [0.3, 0.4) is 0 Å². The average Bonchev–Trinajstić information content (AvgIpc) is 3.40. The summed E-state index contributed by atoms with van der Waals surface area (Å²) in [4.78, 5) is 11.7. The number of ether oxygens (including phenoxy) is 1. The molecular weight excluding hydrogens is 983 g/mol. The van der Waals surface area contributed by atoms with Crippen LogP contribution in [0.25, 0.3) is 0 Å². The van der Waals surface area contributed by atoms with Crippen LogP contribution in [0.1, 0.15) is 135 Å². The second kappa shape index (κ2) is 34.7. The molecule has 422 valence electrons. The summed E-state index contributed by atoms with van der Waals surface area (Å²) < 4.78 is 19.4. The third-order valence-electron chi connectivity index (χ3n) is 13.5. The zero-order valence-electron chi connectivity index (χ0n) is 49.2. The lowest BCUT2D eigenvalue weighted by atomic mass is 10.0. The van der Waals surface area contributed by atoms with Crippen molar-refractivity contribution in [1.82, 2.24) is 4.90 Å². The normalized spacial score (nSPS) is 14.6. The molecule has 0 amide bonds. The molecule has 1 aliphatic rings. The number of aldehydes is 1. The van der Waals surface area contributed by atoms with E-state index < -0.39 is 16.6 Å². The van der Waals surface area contributed by atoms with Crippen molar-refractivity contribution in [2.24, 2.45) is 0 Å². The third kappa shape index (κ3) is 20.9. The number of nitrogens with zero attached hydrogens (tertiary/aromatic N) is 1. The first kappa shape index (κ1) is 69.9. The quantitative estimate of drug-likeness (QED) is 0.0391. The van der Waals surface area contributed by atoms with E-state index in [2.05, 4.69) is 234 Å². The third-order valence-corrected chi connectivity index (χ3v) is 23.6. The summed E-state index contributed by atoms with van der Waals surface area (Å²) in [5.74, 6) is 0. The minimum absolute atomic E-state index is 0. The molecule has 0 bridgehead atoms. The molecule has 1 saturated heterocycles. The number of aliphatic hydroxyl groups excluding tert-OH is 2. The fourth-order valence-corrected chi connectivity index (χ4v) is 19.1. The molecule has 0 aliphatic carbocycles. The number of morpholine rings is 1. The maximum Gasteiger partial charge on any atom is 0.261 e. The zero-order chi connectivity index (χ0) is 57.1. The molecule has 1 aliphatic heterocycles. The fraction of sp³-hybridized carbons (Fsp3) is 0.426. The first-order chi connectivity index (χ1) is 35.9. The minimum Gasteiger partial charge on any atom is -0.401 e. The standard InChI is InChI=1S/2C22H30OSi.C13H19NO2.C6H12O.C4H6O.CH4/c2*1-7-21(18(2)3)23-24(22(4,5)6,19-14-10-8-11-15-19)20-16-12-9-13-17-20;1-11(15)13(12-5-3-2-4-6-12)14-7-9-16-10-8-14;1-4-6(7)5(2)3;1-4(2)3-5;/h2*8-17,21H,2,7H2,1,3-6H3;2-6,11,13,15H,7-10H2,1H3;6-7H,2,4H2,1,3H3;3H,1H2,2H3;1H4/t2*21-;11-,13-;6-;;/m1111../s1. The van der Waals surface area contributed by atoms with Crippen molar-refractivity contribution < 1.29 is 28.6 Å². The van der Waals surface area contributed by atoms with Crippen molar-refractivity contribution >= 4 is 43.7 Å². The molecule has 9 heteroatoms. The molecule has 77 heavy (non-hydrogen) atoms. The van der Waals surface area contributed by atoms with E-state index >= 15 is 0 Å². The van der Waals surface area contributed by atoms with E-state index in [1.54, 1.807) is 6.92 Å². The number of aliphatic hydroxyl groups is 2. The largest absolute Gasteiger partial charge is 0.401 e. The Hall–Kier alpha value is -5.08. The van der Waals surface area contributed by atoms with Crippen molar-refractivity contribution in [3.63, 3.8) is 0 Å². The predicted molar refractivity (Wildman–Crippen MR) is 337 cm³/mol. The number of hydrogen-bond donors (Lipinski definition) is 2. The highest BCUT2D eigenvalue weighted by atomic mass is 28.4. The van der Waals surface area contributed by atoms with Gasteiger partial charge in [-0.15, -0.1) is 0 Å². The topological polar surface area (TPSA) is 88.5 Å². The highest BCUT2D eigenvalue weighted by Crippen LogP contribution is 2.40. The number of rotatable bonds is 18. The van der Waals surface area contributed by atoms with Gasteiger partial charge in [-0.3, -0.25) is 9.69 Å². The van der Waals surface area contributed by atoms with Gasteiger partial charge in [0.25, 0.3) is 16.6 Å².